The summed E-state index contributed by atoms with van der Waals surface area (Å²) in [5.74, 6) is -0.377. The van der Waals surface area contributed by atoms with Gasteiger partial charge >= 0.3 is 0 Å². The molecule has 0 unspecified atom stereocenters. The van der Waals surface area contributed by atoms with Crippen molar-refractivity contribution in [2.45, 2.75) is 52.0 Å². The molecular formula is C24H29FN4O3. The predicted molar refractivity (Wildman–Crippen MR) is 121 cm³/mol. The third-order valence-corrected chi connectivity index (χ3v) is 5.44. The molecule has 1 amide bonds. The van der Waals surface area contributed by atoms with Crippen LogP contribution in [0.2, 0.25) is 0 Å². The van der Waals surface area contributed by atoms with Gasteiger partial charge < -0.3 is 14.8 Å². The summed E-state index contributed by atoms with van der Waals surface area (Å²) in [6.07, 6.45) is 2.13. The summed E-state index contributed by atoms with van der Waals surface area (Å²) in [4.78, 5) is 18.2. The predicted octanol–water partition coefficient (Wildman–Crippen LogP) is 4.79. The van der Waals surface area contributed by atoms with Gasteiger partial charge in [-0.15, -0.1) is 0 Å². The zero-order valence-corrected chi connectivity index (χ0v) is 19.2. The quantitative estimate of drug-likeness (QED) is 0.535. The lowest BCUT2D eigenvalue weighted by molar-refractivity contribution is 0.102. The number of nitrogens with one attached hydrogen (secondary N) is 1. The Balaban J connectivity index is 1.68. The molecule has 1 N–H and O–H groups in total. The van der Waals surface area contributed by atoms with Gasteiger partial charge in [0.25, 0.3) is 5.91 Å². The van der Waals surface area contributed by atoms with Crippen LogP contribution >= 0.6 is 0 Å². The second kappa shape index (κ2) is 8.50. The largest absolute Gasteiger partial charge is 0.488 e. The Kier molecular flexibility index (Phi) is 5.90. The number of ether oxygens (including phenoxy) is 2. The van der Waals surface area contributed by atoms with Crippen LogP contribution in [0.3, 0.4) is 0 Å². The number of nitrogens with zero attached hydrogens (tertiary/aromatic N) is 3. The van der Waals surface area contributed by atoms with Crippen LogP contribution in [0.1, 0.15) is 61.3 Å². The first-order chi connectivity index (χ1) is 15.2. The monoisotopic (exact) mass is 440 g/mol. The third-order valence-electron chi connectivity index (χ3n) is 5.44. The number of fused-ring (bicyclic) bond motifs is 1. The van der Waals surface area contributed by atoms with E-state index in [1.807, 2.05) is 17.7 Å². The van der Waals surface area contributed by atoms with Gasteiger partial charge in [0.1, 0.15) is 6.61 Å². The highest BCUT2D eigenvalue weighted by atomic mass is 19.1. The highest BCUT2D eigenvalue weighted by molar-refractivity contribution is 6.12. The molecular weight excluding hydrogens is 411 g/mol. The highest BCUT2D eigenvalue weighted by Gasteiger charge is 2.30. The highest BCUT2D eigenvalue weighted by Crippen LogP contribution is 2.41. The zero-order chi connectivity index (χ0) is 23.0. The summed E-state index contributed by atoms with van der Waals surface area (Å²) >= 11 is 0. The minimum Gasteiger partial charge on any atom is -0.488 e. The fourth-order valence-corrected chi connectivity index (χ4v) is 3.67. The van der Waals surface area contributed by atoms with E-state index in [9.17, 15) is 9.18 Å². The van der Waals surface area contributed by atoms with E-state index < -0.39 is 5.82 Å². The number of aryl methyl sites for hydroxylation is 1. The molecule has 8 heteroatoms. The molecule has 1 fully saturated rings. The third kappa shape index (κ3) is 4.46. The van der Waals surface area contributed by atoms with Gasteiger partial charge in [0, 0.05) is 30.5 Å². The maximum atomic E-state index is 14.4. The van der Waals surface area contributed by atoms with Crippen LogP contribution in [0.25, 0.3) is 11.0 Å². The van der Waals surface area contributed by atoms with Crippen LogP contribution in [-0.4, -0.2) is 41.0 Å². The van der Waals surface area contributed by atoms with Crippen molar-refractivity contribution in [1.29, 1.82) is 0 Å². The van der Waals surface area contributed by atoms with Gasteiger partial charge in [-0.2, -0.15) is 5.10 Å². The van der Waals surface area contributed by atoms with Crippen molar-refractivity contribution in [3.63, 3.8) is 0 Å². The van der Waals surface area contributed by atoms with Crippen molar-refractivity contribution in [2.75, 3.05) is 25.6 Å². The van der Waals surface area contributed by atoms with E-state index in [0.717, 1.165) is 29.6 Å². The molecule has 1 aliphatic rings. The Morgan fingerprint density at radius 3 is 2.62 bits per heavy atom. The van der Waals surface area contributed by atoms with E-state index in [1.165, 1.54) is 12.1 Å². The number of anilines is 1. The fraction of sp³-hybridized carbons (Fsp3) is 0.458. The average molecular weight is 441 g/mol. The first-order valence-corrected chi connectivity index (χ1v) is 10.8. The van der Waals surface area contributed by atoms with Gasteiger partial charge in [0.15, 0.2) is 17.2 Å². The molecule has 1 aliphatic carbocycles. The lowest BCUT2D eigenvalue weighted by Gasteiger charge is -2.20. The van der Waals surface area contributed by atoms with Gasteiger partial charge in [0.2, 0.25) is 0 Å². The number of hydrogen-bond acceptors (Lipinski definition) is 5. The summed E-state index contributed by atoms with van der Waals surface area (Å²) in [7, 11) is 1.55. The molecule has 170 valence electrons. The Hall–Kier alpha value is -3.00. The minimum atomic E-state index is -0.547. The van der Waals surface area contributed by atoms with E-state index in [2.05, 4.69) is 31.2 Å². The molecule has 1 aromatic carbocycles. The maximum Gasteiger partial charge on any atom is 0.256 e. The van der Waals surface area contributed by atoms with Gasteiger partial charge in [0.05, 0.1) is 28.8 Å². The zero-order valence-electron chi connectivity index (χ0n) is 19.2. The number of carbonyl (C=O) groups is 1. The van der Waals surface area contributed by atoms with E-state index in [1.54, 1.807) is 13.2 Å². The summed E-state index contributed by atoms with van der Waals surface area (Å²) in [6, 6.07) is 6.23. The van der Waals surface area contributed by atoms with Crippen molar-refractivity contribution in [2.24, 2.45) is 0 Å². The van der Waals surface area contributed by atoms with Crippen LogP contribution < -0.4 is 10.1 Å². The van der Waals surface area contributed by atoms with E-state index in [4.69, 9.17) is 14.5 Å². The van der Waals surface area contributed by atoms with Gasteiger partial charge in [-0.05, 0) is 58.7 Å². The van der Waals surface area contributed by atoms with Gasteiger partial charge in [-0.25, -0.2) is 14.1 Å². The summed E-state index contributed by atoms with van der Waals surface area (Å²) in [5, 5.41) is 8.23. The molecule has 2 aromatic heterocycles. The molecule has 0 bridgehead atoms. The minimum absolute atomic E-state index is 0.115. The smallest absolute Gasteiger partial charge is 0.256 e. The van der Waals surface area contributed by atoms with E-state index in [-0.39, 0.29) is 23.8 Å². The molecule has 4 rings (SSSR count). The van der Waals surface area contributed by atoms with Crippen molar-refractivity contribution in [3.05, 3.63) is 47.0 Å². The molecule has 32 heavy (non-hydrogen) atoms. The van der Waals surface area contributed by atoms with E-state index >= 15 is 0 Å². The molecule has 0 aliphatic heterocycles. The number of benzene rings is 1. The van der Waals surface area contributed by atoms with Crippen molar-refractivity contribution in [3.8, 4) is 5.75 Å². The number of rotatable bonds is 7. The van der Waals surface area contributed by atoms with Crippen LogP contribution in [0.15, 0.2) is 24.3 Å². The summed E-state index contributed by atoms with van der Waals surface area (Å²) in [5.41, 5.74) is 2.93. The van der Waals surface area contributed by atoms with Gasteiger partial charge in [-0.1, -0.05) is 0 Å². The molecule has 2 heterocycles. The van der Waals surface area contributed by atoms with Crippen molar-refractivity contribution in [1.82, 2.24) is 14.8 Å². The fourth-order valence-electron chi connectivity index (χ4n) is 3.67. The van der Waals surface area contributed by atoms with Crippen LogP contribution in [0, 0.1) is 12.7 Å². The summed E-state index contributed by atoms with van der Waals surface area (Å²) < 4.78 is 26.6. The molecule has 0 saturated heterocycles. The first-order valence-electron chi connectivity index (χ1n) is 10.8. The van der Waals surface area contributed by atoms with E-state index in [0.29, 0.717) is 29.4 Å². The normalized spacial score (nSPS) is 14.1. The Bertz CT molecular complexity index is 1160. The molecule has 7 nitrogen and oxygen atoms in total. The Morgan fingerprint density at radius 2 is 2.00 bits per heavy atom. The summed E-state index contributed by atoms with van der Waals surface area (Å²) in [6.45, 7) is 8.66. The standard InChI is InChI=1S/C24H29FN4O3/c1-14-21-17(13-19(15-6-7-15)27-22(21)29(28-14)24(2,3)4)23(30)26-16-8-9-20(18(25)12-16)32-11-10-31-5/h8-9,12-13,15H,6-7,10-11H2,1-5H3,(H,26,30). The number of carbonyl (C=O) groups excluding carboxylic acids is 1. The van der Waals surface area contributed by atoms with Gasteiger partial charge in [-0.3, -0.25) is 4.79 Å². The lowest BCUT2D eigenvalue weighted by Crippen LogP contribution is -2.23. The van der Waals surface area contributed by atoms with Crippen LogP contribution in [0.5, 0.6) is 5.75 Å². The number of halogens is 1. The maximum absolute atomic E-state index is 14.4. The van der Waals surface area contributed by atoms with Crippen LogP contribution in [0.4, 0.5) is 10.1 Å². The molecule has 0 spiro atoms. The second-order valence-corrected chi connectivity index (χ2v) is 9.18. The van der Waals surface area contributed by atoms with Crippen molar-refractivity contribution < 1.29 is 18.7 Å². The number of amides is 1. The second-order valence-electron chi connectivity index (χ2n) is 9.18. The molecule has 3 aromatic rings. The Morgan fingerprint density at radius 1 is 1.25 bits per heavy atom. The average Bonchev–Trinajstić information content (AvgIpc) is 3.52. The Labute approximate surface area is 186 Å². The van der Waals surface area contributed by atoms with Crippen molar-refractivity contribution >= 4 is 22.6 Å². The first kappa shape index (κ1) is 22.2. The SMILES string of the molecule is COCCOc1ccc(NC(=O)c2cc(C3CC3)nc3c2c(C)nn3C(C)(C)C)cc1F. The number of methoxy groups -OCH3 is 1. The topological polar surface area (TPSA) is 78.3 Å². The molecule has 1 saturated carbocycles. The molecule has 0 radical (unpaired) electrons. The lowest BCUT2D eigenvalue weighted by atomic mass is 10.1. The molecule has 0 atom stereocenters. The van der Waals surface area contributed by atoms with Crippen LogP contribution in [-0.2, 0) is 10.3 Å². The number of pyridine rings is 1. The number of hydrogen-bond donors (Lipinski definition) is 1. The number of aromatic nitrogens is 3.